The Morgan fingerprint density at radius 3 is 2.89 bits per heavy atom. The van der Waals surface area contributed by atoms with Gasteiger partial charge < -0.3 is 10.5 Å². The molecule has 1 atom stereocenters. The molecule has 1 aromatic carbocycles. The van der Waals surface area contributed by atoms with E-state index in [1.54, 1.807) is 11.8 Å². The Morgan fingerprint density at radius 1 is 1.50 bits per heavy atom. The van der Waals surface area contributed by atoms with Crippen LogP contribution in [0.3, 0.4) is 0 Å². The number of ether oxygens (including phenoxy) is 1. The third kappa shape index (κ3) is 2.70. The largest absolute Gasteiger partial charge is 0.497 e. The summed E-state index contributed by atoms with van der Waals surface area (Å²) >= 11 is 3.50. The fraction of sp³-hybridized carbons (Fsp3) is 0.333. The van der Waals surface area contributed by atoms with Crippen LogP contribution in [-0.2, 0) is 13.5 Å². The van der Waals surface area contributed by atoms with E-state index in [0.717, 1.165) is 21.6 Å². The summed E-state index contributed by atoms with van der Waals surface area (Å²) in [5.74, 6) is 1.65. The lowest BCUT2D eigenvalue weighted by molar-refractivity contribution is 0.413. The number of nitrogens with zero attached hydrogens (tertiary/aromatic N) is 3. The lowest BCUT2D eigenvalue weighted by Crippen LogP contribution is -2.16. The average Bonchev–Trinajstić information content (AvgIpc) is 2.75. The molecule has 6 heteroatoms. The van der Waals surface area contributed by atoms with Crippen molar-refractivity contribution in [1.82, 2.24) is 14.8 Å². The summed E-state index contributed by atoms with van der Waals surface area (Å²) in [4.78, 5) is 4.18. The summed E-state index contributed by atoms with van der Waals surface area (Å²) in [5.41, 5.74) is 7.21. The normalized spacial score (nSPS) is 12.4. The Hall–Kier alpha value is -1.40. The quantitative estimate of drug-likeness (QED) is 0.935. The molecule has 2 aromatic rings. The van der Waals surface area contributed by atoms with Gasteiger partial charge in [-0.2, -0.15) is 5.10 Å². The molecule has 1 aromatic heterocycles. The highest BCUT2D eigenvalue weighted by molar-refractivity contribution is 9.10. The van der Waals surface area contributed by atoms with E-state index in [-0.39, 0.29) is 6.04 Å². The van der Waals surface area contributed by atoms with E-state index in [9.17, 15) is 0 Å². The predicted molar refractivity (Wildman–Crippen MR) is 72.3 cm³/mol. The lowest BCUT2D eigenvalue weighted by atomic mass is 10.0. The van der Waals surface area contributed by atoms with Gasteiger partial charge in [0.15, 0.2) is 0 Å². The molecule has 1 heterocycles. The SMILES string of the molecule is COc1ccc(Br)c(C(N)Cc2ncnn2C)c1. The standard InChI is InChI=1S/C12H15BrN4O/c1-17-12(15-7-16-17)6-11(14)9-5-8(18-2)3-4-10(9)13/h3-5,7,11H,6,14H2,1-2H3. The number of hydrogen-bond acceptors (Lipinski definition) is 4. The van der Waals surface area contributed by atoms with Gasteiger partial charge in [0.05, 0.1) is 7.11 Å². The molecule has 2 rings (SSSR count). The van der Waals surface area contributed by atoms with Crippen LogP contribution in [-0.4, -0.2) is 21.9 Å². The molecule has 96 valence electrons. The van der Waals surface area contributed by atoms with E-state index in [2.05, 4.69) is 26.0 Å². The molecule has 18 heavy (non-hydrogen) atoms. The van der Waals surface area contributed by atoms with Crippen LogP contribution in [0.2, 0.25) is 0 Å². The summed E-state index contributed by atoms with van der Waals surface area (Å²) in [6.45, 7) is 0. The van der Waals surface area contributed by atoms with Gasteiger partial charge in [0, 0.05) is 24.0 Å². The number of methoxy groups -OCH3 is 1. The molecule has 0 aliphatic heterocycles. The summed E-state index contributed by atoms with van der Waals surface area (Å²) in [6.07, 6.45) is 2.16. The van der Waals surface area contributed by atoms with Gasteiger partial charge in [0.2, 0.25) is 0 Å². The molecule has 5 nitrogen and oxygen atoms in total. The molecule has 0 bridgehead atoms. The van der Waals surface area contributed by atoms with Gasteiger partial charge in [-0.05, 0) is 23.8 Å². The first-order valence-electron chi connectivity index (χ1n) is 5.53. The highest BCUT2D eigenvalue weighted by Gasteiger charge is 2.14. The number of aryl methyl sites for hydroxylation is 1. The van der Waals surface area contributed by atoms with E-state index < -0.39 is 0 Å². The van der Waals surface area contributed by atoms with Crippen molar-refractivity contribution in [3.63, 3.8) is 0 Å². The zero-order valence-electron chi connectivity index (χ0n) is 10.3. The van der Waals surface area contributed by atoms with Crippen LogP contribution in [0.15, 0.2) is 29.0 Å². The fourth-order valence-electron chi connectivity index (χ4n) is 1.74. The number of halogens is 1. The fourth-order valence-corrected chi connectivity index (χ4v) is 2.29. The monoisotopic (exact) mass is 310 g/mol. The summed E-state index contributed by atoms with van der Waals surface area (Å²) < 4.78 is 7.91. The van der Waals surface area contributed by atoms with Crippen molar-refractivity contribution in [3.05, 3.63) is 40.4 Å². The second-order valence-electron chi connectivity index (χ2n) is 4.00. The van der Waals surface area contributed by atoms with E-state index >= 15 is 0 Å². The smallest absolute Gasteiger partial charge is 0.138 e. The molecule has 0 saturated carbocycles. The maximum absolute atomic E-state index is 6.21. The molecule has 0 saturated heterocycles. The highest BCUT2D eigenvalue weighted by Crippen LogP contribution is 2.28. The Morgan fingerprint density at radius 2 is 2.28 bits per heavy atom. The summed E-state index contributed by atoms with van der Waals surface area (Å²) in [7, 11) is 3.50. The average molecular weight is 311 g/mol. The van der Waals surface area contributed by atoms with E-state index in [1.165, 1.54) is 6.33 Å². The molecule has 1 unspecified atom stereocenters. The van der Waals surface area contributed by atoms with Gasteiger partial charge >= 0.3 is 0 Å². The Balaban J connectivity index is 2.23. The number of rotatable bonds is 4. The first kappa shape index (κ1) is 13.0. The van der Waals surface area contributed by atoms with Gasteiger partial charge in [-0.15, -0.1) is 0 Å². The van der Waals surface area contributed by atoms with Crippen molar-refractivity contribution in [1.29, 1.82) is 0 Å². The van der Waals surface area contributed by atoms with Crippen molar-refractivity contribution in [2.24, 2.45) is 12.8 Å². The minimum atomic E-state index is -0.155. The third-order valence-electron chi connectivity index (χ3n) is 2.81. The van der Waals surface area contributed by atoms with Crippen molar-refractivity contribution >= 4 is 15.9 Å². The highest BCUT2D eigenvalue weighted by atomic mass is 79.9. The lowest BCUT2D eigenvalue weighted by Gasteiger charge is -2.14. The van der Waals surface area contributed by atoms with Gasteiger partial charge in [-0.3, -0.25) is 4.68 Å². The third-order valence-corrected chi connectivity index (χ3v) is 3.53. The van der Waals surface area contributed by atoms with E-state index in [4.69, 9.17) is 10.5 Å². The maximum Gasteiger partial charge on any atom is 0.138 e. The Bertz CT molecular complexity index is 541. The first-order valence-corrected chi connectivity index (χ1v) is 6.33. The maximum atomic E-state index is 6.21. The summed E-state index contributed by atoms with van der Waals surface area (Å²) in [6, 6.07) is 5.61. The second-order valence-corrected chi connectivity index (χ2v) is 4.85. The molecule has 0 radical (unpaired) electrons. The van der Waals surface area contributed by atoms with Crippen molar-refractivity contribution in [3.8, 4) is 5.75 Å². The van der Waals surface area contributed by atoms with Crippen molar-refractivity contribution < 1.29 is 4.74 Å². The molecular weight excluding hydrogens is 296 g/mol. The molecule has 0 amide bonds. The molecule has 2 N–H and O–H groups in total. The van der Waals surface area contributed by atoms with Crippen LogP contribution < -0.4 is 10.5 Å². The number of benzene rings is 1. The van der Waals surface area contributed by atoms with Gasteiger partial charge in [0.25, 0.3) is 0 Å². The van der Waals surface area contributed by atoms with Crippen molar-refractivity contribution in [2.45, 2.75) is 12.5 Å². The van der Waals surface area contributed by atoms with E-state index in [1.807, 2.05) is 25.2 Å². The number of aromatic nitrogens is 3. The molecule has 0 aliphatic carbocycles. The van der Waals surface area contributed by atoms with Crippen LogP contribution in [0.1, 0.15) is 17.4 Å². The van der Waals surface area contributed by atoms with Gasteiger partial charge in [0.1, 0.15) is 17.9 Å². The first-order chi connectivity index (χ1) is 8.61. The van der Waals surface area contributed by atoms with Crippen LogP contribution in [0.4, 0.5) is 0 Å². The molecule has 0 spiro atoms. The molecule has 0 aliphatic rings. The minimum Gasteiger partial charge on any atom is -0.497 e. The van der Waals surface area contributed by atoms with E-state index in [0.29, 0.717) is 6.42 Å². The van der Waals surface area contributed by atoms with Crippen LogP contribution in [0.25, 0.3) is 0 Å². The zero-order valence-corrected chi connectivity index (χ0v) is 11.9. The topological polar surface area (TPSA) is 66.0 Å². The predicted octanol–water partition coefficient (Wildman–Crippen LogP) is 1.83. The second kappa shape index (κ2) is 5.49. The minimum absolute atomic E-state index is 0.155. The van der Waals surface area contributed by atoms with Gasteiger partial charge in [-0.1, -0.05) is 15.9 Å². The zero-order chi connectivity index (χ0) is 13.1. The van der Waals surface area contributed by atoms with Crippen LogP contribution in [0, 0.1) is 0 Å². The summed E-state index contributed by atoms with van der Waals surface area (Å²) in [5, 5.41) is 4.03. The van der Waals surface area contributed by atoms with Crippen LogP contribution >= 0.6 is 15.9 Å². The Kier molecular flexibility index (Phi) is 3.98. The number of hydrogen-bond donors (Lipinski definition) is 1. The molecule has 0 fully saturated rings. The van der Waals surface area contributed by atoms with Gasteiger partial charge in [-0.25, -0.2) is 4.98 Å². The molecular formula is C12H15BrN4O. The number of nitrogens with two attached hydrogens (primary N) is 1. The Labute approximate surface area is 114 Å². The van der Waals surface area contributed by atoms with Crippen molar-refractivity contribution in [2.75, 3.05) is 7.11 Å². The van der Waals surface area contributed by atoms with Crippen LogP contribution in [0.5, 0.6) is 5.75 Å².